The van der Waals surface area contributed by atoms with Crippen LogP contribution >= 0.6 is 0 Å². The largest absolute Gasteiger partial charge is 0.407 e. The Balaban J connectivity index is 1.52. The van der Waals surface area contributed by atoms with E-state index in [4.69, 9.17) is 4.43 Å². The standard InChI is InChI=1S/C30H34N2O2Si/c1-30(2,3)35(27-17-9-5-10-18-27,28-19-11-6-12-20-28)34-23-13-16-26-21-22-29(33)32(31-26)24-25-14-7-4-8-15-25/h4-12,14-15,17-22H,13,16,23-24H2,1-3H3. The van der Waals surface area contributed by atoms with Gasteiger partial charge in [0.25, 0.3) is 13.9 Å². The van der Waals surface area contributed by atoms with Crippen LogP contribution in [0.5, 0.6) is 0 Å². The lowest BCUT2D eigenvalue weighted by molar-refractivity contribution is 0.291. The Labute approximate surface area is 209 Å². The molecule has 35 heavy (non-hydrogen) atoms. The number of hydrogen-bond acceptors (Lipinski definition) is 3. The molecule has 0 spiro atoms. The van der Waals surface area contributed by atoms with Crippen LogP contribution in [0.1, 0.15) is 38.4 Å². The van der Waals surface area contributed by atoms with Crippen LogP contribution < -0.4 is 15.9 Å². The third-order valence-corrected chi connectivity index (χ3v) is 11.5. The fourth-order valence-electron chi connectivity index (χ4n) is 4.73. The van der Waals surface area contributed by atoms with E-state index in [2.05, 4.69) is 86.5 Å². The van der Waals surface area contributed by atoms with Crippen LogP contribution in [-0.2, 0) is 17.4 Å². The van der Waals surface area contributed by atoms with Crippen molar-refractivity contribution < 1.29 is 4.43 Å². The van der Waals surface area contributed by atoms with Crippen molar-refractivity contribution in [2.24, 2.45) is 0 Å². The van der Waals surface area contributed by atoms with Gasteiger partial charge in [0.05, 0.1) is 12.2 Å². The number of benzene rings is 3. The summed E-state index contributed by atoms with van der Waals surface area (Å²) in [6.07, 6.45) is 1.59. The molecule has 0 saturated heterocycles. The summed E-state index contributed by atoms with van der Waals surface area (Å²) in [5, 5.41) is 7.15. The van der Waals surface area contributed by atoms with Crippen molar-refractivity contribution >= 4 is 18.7 Å². The normalized spacial score (nSPS) is 12.0. The van der Waals surface area contributed by atoms with E-state index in [0.717, 1.165) is 24.1 Å². The van der Waals surface area contributed by atoms with Gasteiger partial charge in [-0.1, -0.05) is 112 Å². The number of hydrogen-bond donors (Lipinski definition) is 0. The lowest BCUT2D eigenvalue weighted by atomic mass is 10.2. The van der Waals surface area contributed by atoms with Crippen molar-refractivity contribution in [2.75, 3.05) is 6.61 Å². The average Bonchev–Trinajstić information content (AvgIpc) is 2.87. The minimum Gasteiger partial charge on any atom is -0.407 e. The van der Waals surface area contributed by atoms with E-state index in [-0.39, 0.29) is 10.6 Å². The van der Waals surface area contributed by atoms with Crippen LogP contribution in [0.3, 0.4) is 0 Å². The second-order valence-electron chi connectivity index (χ2n) is 9.92. The van der Waals surface area contributed by atoms with Gasteiger partial charge >= 0.3 is 0 Å². The first-order valence-electron chi connectivity index (χ1n) is 12.3. The average molecular weight is 483 g/mol. The third kappa shape index (κ3) is 5.69. The van der Waals surface area contributed by atoms with Crippen molar-refractivity contribution in [3.63, 3.8) is 0 Å². The van der Waals surface area contributed by atoms with Crippen LogP contribution in [-0.4, -0.2) is 24.7 Å². The molecule has 1 aromatic heterocycles. The molecule has 3 aromatic carbocycles. The highest BCUT2D eigenvalue weighted by Crippen LogP contribution is 2.36. The van der Waals surface area contributed by atoms with Gasteiger partial charge in [0.2, 0.25) is 0 Å². The lowest BCUT2D eigenvalue weighted by Gasteiger charge is -2.43. The van der Waals surface area contributed by atoms with Gasteiger partial charge in [-0.15, -0.1) is 0 Å². The van der Waals surface area contributed by atoms with Gasteiger partial charge in [-0.3, -0.25) is 4.79 Å². The molecule has 1 heterocycles. The van der Waals surface area contributed by atoms with Gasteiger partial charge < -0.3 is 4.43 Å². The van der Waals surface area contributed by atoms with E-state index in [1.165, 1.54) is 10.4 Å². The zero-order valence-corrected chi connectivity index (χ0v) is 21.9. The monoisotopic (exact) mass is 482 g/mol. The smallest absolute Gasteiger partial charge is 0.267 e. The first-order chi connectivity index (χ1) is 16.9. The quantitative estimate of drug-likeness (QED) is 0.254. The molecule has 5 heteroatoms. The summed E-state index contributed by atoms with van der Waals surface area (Å²) in [4.78, 5) is 12.3. The van der Waals surface area contributed by atoms with Gasteiger partial charge in [-0.25, -0.2) is 4.68 Å². The predicted octanol–water partition coefficient (Wildman–Crippen LogP) is 4.80. The van der Waals surface area contributed by atoms with Crippen molar-refractivity contribution in [1.29, 1.82) is 0 Å². The fraction of sp³-hybridized carbons (Fsp3) is 0.267. The summed E-state index contributed by atoms with van der Waals surface area (Å²) in [5.74, 6) is 0. The molecule has 0 N–H and O–H groups in total. The van der Waals surface area contributed by atoms with Gasteiger partial charge in [0.1, 0.15) is 0 Å². The number of rotatable bonds is 9. The Bertz CT molecular complexity index is 1230. The number of aromatic nitrogens is 2. The molecule has 4 nitrogen and oxygen atoms in total. The van der Waals surface area contributed by atoms with Crippen LogP contribution in [0.4, 0.5) is 0 Å². The summed E-state index contributed by atoms with van der Waals surface area (Å²) in [5.41, 5.74) is 1.89. The summed E-state index contributed by atoms with van der Waals surface area (Å²) in [6.45, 7) is 7.99. The van der Waals surface area contributed by atoms with Crippen LogP contribution in [0.25, 0.3) is 0 Å². The number of aryl methyl sites for hydroxylation is 1. The molecular weight excluding hydrogens is 448 g/mol. The van der Waals surface area contributed by atoms with Crippen molar-refractivity contribution in [1.82, 2.24) is 9.78 Å². The molecule has 0 fully saturated rings. The molecule has 0 aliphatic heterocycles. The molecule has 0 bridgehead atoms. The molecular formula is C30H34N2O2Si. The van der Waals surface area contributed by atoms with E-state index < -0.39 is 8.32 Å². The molecule has 180 valence electrons. The predicted molar refractivity (Wildman–Crippen MR) is 146 cm³/mol. The Morgan fingerprint density at radius 2 is 1.31 bits per heavy atom. The van der Waals surface area contributed by atoms with E-state index in [1.807, 2.05) is 36.4 Å². The molecule has 4 aromatic rings. The van der Waals surface area contributed by atoms with Crippen molar-refractivity contribution in [3.8, 4) is 0 Å². The van der Waals surface area contributed by atoms with E-state index in [9.17, 15) is 4.79 Å². The SMILES string of the molecule is CC(C)(C)[Si](OCCCc1ccc(=O)n(Cc2ccccc2)n1)(c1ccccc1)c1ccccc1. The Morgan fingerprint density at radius 1 is 0.771 bits per heavy atom. The van der Waals surface area contributed by atoms with Gasteiger partial charge in [-0.2, -0.15) is 5.10 Å². The molecule has 4 rings (SSSR count). The maximum Gasteiger partial charge on any atom is 0.267 e. The van der Waals surface area contributed by atoms with Crippen molar-refractivity contribution in [2.45, 2.75) is 45.2 Å². The molecule has 0 unspecified atom stereocenters. The Morgan fingerprint density at radius 3 is 1.86 bits per heavy atom. The summed E-state index contributed by atoms with van der Waals surface area (Å²) in [6, 6.07) is 34.8. The van der Waals surface area contributed by atoms with E-state index >= 15 is 0 Å². The first-order valence-corrected chi connectivity index (χ1v) is 14.2. The zero-order chi connectivity index (χ0) is 24.7. The highest BCUT2D eigenvalue weighted by atomic mass is 28.4. The molecule has 0 atom stereocenters. The van der Waals surface area contributed by atoms with Gasteiger partial charge in [0.15, 0.2) is 0 Å². The maximum atomic E-state index is 12.3. The van der Waals surface area contributed by atoms with Gasteiger partial charge in [-0.05, 0) is 39.9 Å². The first kappa shape index (κ1) is 24.8. The topological polar surface area (TPSA) is 44.1 Å². The van der Waals surface area contributed by atoms with Crippen LogP contribution in [0.15, 0.2) is 108 Å². The number of nitrogens with zero attached hydrogens (tertiary/aromatic N) is 2. The molecule has 0 radical (unpaired) electrons. The minimum atomic E-state index is -2.53. The Kier molecular flexibility index (Phi) is 7.79. The second-order valence-corrected chi connectivity index (χ2v) is 14.2. The fourth-order valence-corrected chi connectivity index (χ4v) is 9.34. The maximum absolute atomic E-state index is 12.3. The van der Waals surface area contributed by atoms with Crippen molar-refractivity contribution in [3.05, 3.63) is 125 Å². The third-order valence-electron chi connectivity index (χ3n) is 6.41. The zero-order valence-electron chi connectivity index (χ0n) is 20.9. The summed E-state index contributed by atoms with van der Waals surface area (Å²) >= 11 is 0. The lowest BCUT2D eigenvalue weighted by Crippen LogP contribution is -2.66. The molecule has 0 saturated carbocycles. The second kappa shape index (κ2) is 11.0. The van der Waals surface area contributed by atoms with E-state index in [1.54, 1.807) is 10.7 Å². The minimum absolute atomic E-state index is 0.0448. The highest BCUT2D eigenvalue weighted by Gasteiger charge is 2.49. The molecule has 0 aliphatic carbocycles. The summed E-state index contributed by atoms with van der Waals surface area (Å²) in [7, 11) is -2.53. The molecule has 0 aliphatic rings. The molecule has 0 amide bonds. The van der Waals surface area contributed by atoms with Crippen LogP contribution in [0.2, 0.25) is 5.04 Å². The Hall–Kier alpha value is -3.28. The van der Waals surface area contributed by atoms with E-state index in [0.29, 0.717) is 13.2 Å². The highest BCUT2D eigenvalue weighted by molar-refractivity contribution is 6.99. The summed E-state index contributed by atoms with van der Waals surface area (Å²) < 4.78 is 8.53. The van der Waals surface area contributed by atoms with Gasteiger partial charge in [0, 0.05) is 12.7 Å². The van der Waals surface area contributed by atoms with Crippen LogP contribution in [0, 0.1) is 0 Å².